The highest BCUT2D eigenvalue weighted by Gasteiger charge is 2.09. The molecule has 0 saturated heterocycles. The van der Waals surface area contributed by atoms with Crippen molar-refractivity contribution in [2.24, 2.45) is 5.92 Å². The summed E-state index contributed by atoms with van der Waals surface area (Å²) < 4.78 is 27.1. The van der Waals surface area contributed by atoms with Crippen molar-refractivity contribution in [1.29, 1.82) is 0 Å². The summed E-state index contributed by atoms with van der Waals surface area (Å²) in [6.07, 6.45) is 1.34. The van der Waals surface area contributed by atoms with Gasteiger partial charge in [0.25, 0.3) is 0 Å². The molecule has 1 unspecified atom stereocenters. The minimum atomic E-state index is -3.38. The first-order valence-electron chi connectivity index (χ1n) is 5.67. The number of rotatable bonds is 7. The maximum Gasteiger partial charge on any atom is 0.232 e. The van der Waals surface area contributed by atoms with Crippen LogP contribution in [0.2, 0.25) is 5.02 Å². The Morgan fingerprint density at radius 2 is 1.83 bits per heavy atom. The number of benzene rings is 1. The topological polar surface area (TPSA) is 43.4 Å². The summed E-state index contributed by atoms with van der Waals surface area (Å²) in [5.41, 5.74) is 0. The molecule has 6 heteroatoms. The molecule has 0 bridgehead atoms. The average Bonchev–Trinajstić information content (AvgIpc) is 2.28. The van der Waals surface area contributed by atoms with Crippen LogP contribution in [0.15, 0.2) is 24.3 Å². The lowest BCUT2D eigenvalue weighted by molar-refractivity contribution is 0.282. The van der Waals surface area contributed by atoms with Gasteiger partial charge < -0.3 is 4.74 Å². The monoisotopic (exact) mass is 310 g/mol. The number of hydrogen-bond acceptors (Lipinski definition) is 3. The molecule has 18 heavy (non-hydrogen) atoms. The first kappa shape index (κ1) is 15.6. The third-order valence-corrected chi connectivity index (χ3v) is 3.99. The van der Waals surface area contributed by atoms with Crippen molar-refractivity contribution in [1.82, 2.24) is 0 Å². The van der Waals surface area contributed by atoms with Crippen LogP contribution < -0.4 is 4.74 Å². The zero-order valence-electron chi connectivity index (χ0n) is 10.1. The van der Waals surface area contributed by atoms with Crippen LogP contribution >= 0.6 is 22.3 Å². The fraction of sp³-hybridized carbons (Fsp3) is 0.500. The van der Waals surface area contributed by atoms with Crippen molar-refractivity contribution in [3.05, 3.63) is 29.3 Å². The molecule has 102 valence electrons. The molecule has 1 atom stereocenters. The Hall–Kier alpha value is -0.450. The van der Waals surface area contributed by atoms with Gasteiger partial charge in [-0.05, 0) is 43.0 Å². The zero-order valence-corrected chi connectivity index (χ0v) is 12.4. The van der Waals surface area contributed by atoms with Gasteiger partial charge in [-0.3, -0.25) is 0 Å². The Bertz CT molecular complexity index is 457. The van der Waals surface area contributed by atoms with E-state index in [9.17, 15) is 8.42 Å². The summed E-state index contributed by atoms with van der Waals surface area (Å²) >= 11 is 5.76. The van der Waals surface area contributed by atoms with E-state index in [1.807, 2.05) is 6.92 Å². The summed E-state index contributed by atoms with van der Waals surface area (Å²) in [4.78, 5) is 0. The van der Waals surface area contributed by atoms with E-state index in [0.717, 1.165) is 12.2 Å². The van der Waals surface area contributed by atoms with Crippen molar-refractivity contribution in [2.75, 3.05) is 12.4 Å². The Balaban J connectivity index is 2.23. The van der Waals surface area contributed by atoms with Gasteiger partial charge >= 0.3 is 0 Å². The molecular formula is C12H16Cl2O3S. The van der Waals surface area contributed by atoms with Crippen molar-refractivity contribution < 1.29 is 13.2 Å². The third-order valence-electron chi connectivity index (χ3n) is 2.55. The fourth-order valence-corrected chi connectivity index (χ4v) is 2.47. The molecule has 0 aliphatic heterocycles. The summed E-state index contributed by atoms with van der Waals surface area (Å²) in [6, 6.07) is 7.13. The van der Waals surface area contributed by atoms with E-state index in [1.54, 1.807) is 24.3 Å². The molecular weight excluding hydrogens is 295 g/mol. The number of halogens is 2. The van der Waals surface area contributed by atoms with Crippen molar-refractivity contribution >= 4 is 31.3 Å². The van der Waals surface area contributed by atoms with Crippen LogP contribution in [-0.4, -0.2) is 20.8 Å². The second-order valence-corrected chi connectivity index (χ2v) is 7.56. The second kappa shape index (κ2) is 7.22. The van der Waals surface area contributed by atoms with Crippen molar-refractivity contribution in [3.8, 4) is 5.75 Å². The molecule has 0 fully saturated rings. The average molecular weight is 311 g/mol. The molecule has 0 radical (unpaired) electrons. The van der Waals surface area contributed by atoms with E-state index in [2.05, 4.69) is 0 Å². The summed E-state index contributed by atoms with van der Waals surface area (Å²) in [7, 11) is 1.77. The zero-order chi connectivity index (χ0) is 13.6. The predicted molar refractivity (Wildman–Crippen MR) is 75.0 cm³/mol. The van der Waals surface area contributed by atoms with Crippen molar-refractivity contribution in [2.45, 2.75) is 19.8 Å². The van der Waals surface area contributed by atoms with Gasteiger partial charge in [0.1, 0.15) is 5.75 Å². The van der Waals surface area contributed by atoms with Gasteiger partial charge in [-0.25, -0.2) is 8.42 Å². The molecule has 0 aromatic heterocycles. The molecule has 1 aromatic rings. The van der Waals surface area contributed by atoms with E-state index in [1.165, 1.54) is 0 Å². The standard InChI is InChI=1S/C12H16Cl2O3S/c1-10(7-9-18(14,15)16)6-8-17-12-4-2-11(13)3-5-12/h2-5,10H,6-9H2,1H3. The first-order valence-corrected chi connectivity index (χ1v) is 8.53. The van der Waals surface area contributed by atoms with Crippen LogP contribution in [0.25, 0.3) is 0 Å². The molecule has 0 aliphatic carbocycles. The molecule has 0 spiro atoms. The lowest BCUT2D eigenvalue weighted by atomic mass is 10.1. The Morgan fingerprint density at radius 3 is 2.39 bits per heavy atom. The normalized spacial score (nSPS) is 13.3. The van der Waals surface area contributed by atoms with Gasteiger partial charge in [-0.15, -0.1) is 0 Å². The lowest BCUT2D eigenvalue weighted by Gasteiger charge is -2.11. The predicted octanol–water partition coefficient (Wildman–Crippen LogP) is 3.70. The van der Waals surface area contributed by atoms with Crippen molar-refractivity contribution in [3.63, 3.8) is 0 Å². The van der Waals surface area contributed by atoms with Crippen LogP contribution in [0.1, 0.15) is 19.8 Å². The van der Waals surface area contributed by atoms with Crippen LogP contribution in [0.4, 0.5) is 0 Å². The van der Waals surface area contributed by atoms with Gasteiger partial charge in [0, 0.05) is 15.7 Å². The Labute approximate surface area is 117 Å². The van der Waals surface area contributed by atoms with Crippen LogP contribution in [0.3, 0.4) is 0 Å². The van der Waals surface area contributed by atoms with Crippen LogP contribution in [0.5, 0.6) is 5.75 Å². The quantitative estimate of drug-likeness (QED) is 0.721. The summed E-state index contributed by atoms with van der Waals surface area (Å²) in [6.45, 7) is 2.53. The van der Waals surface area contributed by atoms with Gasteiger partial charge in [-0.2, -0.15) is 0 Å². The van der Waals surface area contributed by atoms with E-state index < -0.39 is 9.05 Å². The molecule has 3 nitrogen and oxygen atoms in total. The maximum absolute atomic E-state index is 10.8. The van der Waals surface area contributed by atoms with Gasteiger partial charge in [-0.1, -0.05) is 18.5 Å². The molecule has 0 heterocycles. The smallest absolute Gasteiger partial charge is 0.232 e. The summed E-state index contributed by atoms with van der Waals surface area (Å²) in [5.74, 6) is 1.03. The van der Waals surface area contributed by atoms with Crippen LogP contribution in [0, 0.1) is 5.92 Å². The van der Waals surface area contributed by atoms with Gasteiger partial charge in [0.2, 0.25) is 9.05 Å². The highest BCUT2D eigenvalue weighted by molar-refractivity contribution is 8.13. The van der Waals surface area contributed by atoms with E-state index in [-0.39, 0.29) is 11.7 Å². The van der Waals surface area contributed by atoms with E-state index in [4.69, 9.17) is 27.0 Å². The highest BCUT2D eigenvalue weighted by Crippen LogP contribution is 2.17. The number of hydrogen-bond donors (Lipinski definition) is 0. The molecule has 0 aliphatic rings. The highest BCUT2D eigenvalue weighted by atomic mass is 35.7. The minimum absolute atomic E-state index is 0.0106. The van der Waals surface area contributed by atoms with E-state index in [0.29, 0.717) is 18.1 Å². The van der Waals surface area contributed by atoms with Gasteiger partial charge in [0.15, 0.2) is 0 Å². The third kappa shape index (κ3) is 7.09. The largest absolute Gasteiger partial charge is 0.494 e. The second-order valence-electron chi connectivity index (χ2n) is 4.23. The Morgan fingerprint density at radius 1 is 1.22 bits per heavy atom. The fourth-order valence-electron chi connectivity index (χ4n) is 1.40. The number of ether oxygens (including phenoxy) is 1. The Kier molecular flexibility index (Phi) is 6.26. The van der Waals surface area contributed by atoms with E-state index >= 15 is 0 Å². The van der Waals surface area contributed by atoms with Gasteiger partial charge in [0.05, 0.1) is 12.4 Å². The van der Waals surface area contributed by atoms with Crippen LogP contribution in [-0.2, 0) is 9.05 Å². The SMILES string of the molecule is CC(CCOc1ccc(Cl)cc1)CCS(=O)(=O)Cl. The molecule has 0 N–H and O–H groups in total. The maximum atomic E-state index is 10.8. The molecule has 0 saturated carbocycles. The molecule has 0 amide bonds. The molecule has 1 aromatic carbocycles. The summed E-state index contributed by atoms with van der Waals surface area (Å²) in [5, 5.41) is 0.669. The lowest BCUT2D eigenvalue weighted by Crippen LogP contribution is -2.08. The molecule has 1 rings (SSSR count). The first-order chi connectivity index (χ1) is 8.37. The minimum Gasteiger partial charge on any atom is -0.494 e.